The number of rotatable bonds is 4. The third kappa shape index (κ3) is 3.30. The van der Waals surface area contributed by atoms with Gasteiger partial charge in [-0.25, -0.2) is 0 Å². The first-order valence-electron chi connectivity index (χ1n) is 5.97. The summed E-state index contributed by atoms with van der Waals surface area (Å²) in [6.45, 7) is 0.707. The van der Waals surface area contributed by atoms with E-state index in [9.17, 15) is 5.11 Å². The topological polar surface area (TPSA) is 41.5 Å². The van der Waals surface area contributed by atoms with Gasteiger partial charge in [-0.3, -0.25) is 0 Å². The Balaban J connectivity index is 1.93. The van der Waals surface area contributed by atoms with Gasteiger partial charge >= 0.3 is 0 Å². The van der Waals surface area contributed by atoms with Crippen molar-refractivity contribution in [1.82, 2.24) is 5.32 Å². The summed E-state index contributed by atoms with van der Waals surface area (Å²) in [4.78, 5) is 0. The van der Waals surface area contributed by atoms with Crippen LogP contribution in [0.25, 0.3) is 0 Å². The molecule has 2 rings (SSSR count). The minimum Gasteiger partial charge on any atom is -0.504 e. The largest absolute Gasteiger partial charge is 0.504 e. The van der Waals surface area contributed by atoms with Crippen molar-refractivity contribution in [2.45, 2.75) is 25.4 Å². The normalized spacial score (nSPS) is 17.0. The van der Waals surface area contributed by atoms with E-state index in [-0.39, 0.29) is 5.75 Å². The zero-order valence-corrected chi connectivity index (χ0v) is 10.9. The molecule has 4 heteroatoms. The highest BCUT2D eigenvalue weighted by Gasteiger charge is 2.14. The predicted molar refractivity (Wildman–Crippen MR) is 71.8 cm³/mol. The fourth-order valence-corrected chi connectivity index (χ4v) is 3.14. The van der Waals surface area contributed by atoms with Crippen molar-refractivity contribution in [3.63, 3.8) is 0 Å². The van der Waals surface area contributed by atoms with Crippen LogP contribution >= 0.6 is 11.8 Å². The lowest BCUT2D eigenvalue weighted by Crippen LogP contribution is -2.32. The first-order chi connectivity index (χ1) is 8.31. The van der Waals surface area contributed by atoms with Crippen LogP contribution in [0.4, 0.5) is 0 Å². The summed E-state index contributed by atoms with van der Waals surface area (Å²) in [7, 11) is 1.57. The number of hydrogen-bond donors (Lipinski definition) is 2. The summed E-state index contributed by atoms with van der Waals surface area (Å²) in [6.07, 6.45) is 2.44. The molecule has 2 N–H and O–H groups in total. The van der Waals surface area contributed by atoms with Gasteiger partial charge in [-0.2, -0.15) is 11.8 Å². The molecule has 1 aliphatic rings. The fraction of sp³-hybridized carbons (Fsp3) is 0.538. The first kappa shape index (κ1) is 12.6. The number of phenols is 1. The molecule has 17 heavy (non-hydrogen) atoms. The van der Waals surface area contributed by atoms with E-state index >= 15 is 0 Å². The standard InChI is InChI=1S/C13H19NO2S/c1-16-12-4-2-3-10(13(12)15)9-14-11-5-7-17-8-6-11/h2-4,11,14-15H,5-9H2,1H3. The van der Waals surface area contributed by atoms with Gasteiger partial charge in [-0.05, 0) is 30.4 Å². The summed E-state index contributed by atoms with van der Waals surface area (Å²) in [5.74, 6) is 3.28. The van der Waals surface area contributed by atoms with E-state index in [4.69, 9.17) is 4.74 Å². The van der Waals surface area contributed by atoms with Crippen LogP contribution in [0.1, 0.15) is 18.4 Å². The molecule has 0 aromatic heterocycles. The van der Waals surface area contributed by atoms with Crippen LogP contribution in [0.3, 0.4) is 0 Å². The molecule has 0 bridgehead atoms. The number of benzene rings is 1. The number of thioether (sulfide) groups is 1. The molecule has 1 saturated heterocycles. The van der Waals surface area contributed by atoms with Crippen LogP contribution in [-0.2, 0) is 6.54 Å². The van der Waals surface area contributed by atoms with Gasteiger partial charge in [0.1, 0.15) is 0 Å². The summed E-state index contributed by atoms with van der Waals surface area (Å²) < 4.78 is 5.10. The van der Waals surface area contributed by atoms with E-state index in [2.05, 4.69) is 5.32 Å². The average Bonchev–Trinajstić information content (AvgIpc) is 2.39. The molecule has 94 valence electrons. The van der Waals surface area contributed by atoms with Gasteiger partial charge in [0.25, 0.3) is 0 Å². The molecule has 1 aliphatic heterocycles. The number of phenolic OH excluding ortho intramolecular Hbond substituents is 1. The molecule has 0 atom stereocenters. The predicted octanol–water partition coefficient (Wildman–Crippen LogP) is 2.39. The van der Waals surface area contributed by atoms with Crippen LogP contribution < -0.4 is 10.1 Å². The molecule has 1 fully saturated rings. The summed E-state index contributed by atoms with van der Waals surface area (Å²) in [5.41, 5.74) is 0.905. The highest BCUT2D eigenvalue weighted by atomic mass is 32.2. The molecule has 1 heterocycles. The lowest BCUT2D eigenvalue weighted by atomic mass is 10.1. The van der Waals surface area contributed by atoms with Gasteiger partial charge in [0, 0.05) is 18.2 Å². The first-order valence-corrected chi connectivity index (χ1v) is 7.12. The van der Waals surface area contributed by atoms with E-state index in [1.807, 2.05) is 23.9 Å². The summed E-state index contributed by atoms with van der Waals surface area (Å²) in [5, 5.41) is 13.5. The minimum atomic E-state index is 0.257. The molecular weight excluding hydrogens is 234 g/mol. The molecular formula is C13H19NO2S. The maximum Gasteiger partial charge on any atom is 0.162 e. The lowest BCUT2D eigenvalue weighted by Gasteiger charge is -2.23. The lowest BCUT2D eigenvalue weighted by molar-refractivity contribution is 0.368. The van der Waals surface area contributed by atoms with Crippen LogP contribution in [-0.4, -0.2) is 29.8 Å². The highest BCUT2D eigenvalue weighted by Crippen LogP contribution is 2.29. The Morgan fingerprint density at radius 1 is 1.41 bits per heavy atom. The number of methoxy groups -OCH3 is 1. The quantitative estimate of drug-likeness (QED) is 0.864. The van der Waals surface area contributed by atoms with E-state index in [0.29, 0.717) is 18.3 Å². The average molecular weight is 253 g/mol. The van der Waals surface area contributed by atoms with Gasteiger partial charge in [0.05, 0.1) is 7.11 Å². The molecule has 0 spiro atoms. The Morgan fingerprint density at radius 2 is 2.18 bits per heavy atom. The molecule has 0 aliphatic carbocycles. The van der Waals surface area contributed by atoms with Gasteiger partial charge in [-0.1, -0.05) is 12.1 Å². The second-order valence-corrected chi connectivity index (χ2v) is 5.46. The Morgan fingerprint density at radius 3 is 2.88 bits per heavy atom. The van der Waals surface area contributed by atoms with Crippen molar-refractivity contribution in [3.05, 3.63) is 23.8 Å². The van der Waals surface area contributed by atoms with Crippen molar-refractivity contribution in [3.8, 4) is 11.5 Å². The second-order valence-electron chi connectivity index (χ2n) is 4.24. The van der Waals surface area contributed by atoms with Crippen molar-refractivity contribution < 1.29 is 9.84 Å². The molecule has 3 nitrogen and oxygen atoms in total. The van der Waals surface area contributed by atoms with E-state index in [1.165, 1.54) is 24.3 Å². The van der Waals surface area contributed by atoms with Crippen LogP contribution in [0, 0.1) is 0 Å². The minimum absolute atomic E-state index is 0.257. The van der Waals surface area contributed by atoms with Gasteiger partial charge < -0.3 is 15.2 Å². The fourth-order valence-electron chi connectivity index (χ4n) is 2.03. The van der Waals surface area contributed by atoms with Crippen molar-refractivity contribution in [2.24, 2.45) is 0 Å². The number of para-hydroxylation sites is 1. The van der Waals surface area contributed by atoms with Crippen LogP contribution in [0.2, 0.25) is 0 Å². The zero-order valence-electron chi connectivity index (χ0n) is 10.1. The van der Waals surface area contributed by atoms with E-state index in [0.717, 1.165) is 5.56 Å². The second kappa shape index (κ2) is 6.17. The Hall–Kier alpha value is -0.870. The Labute approximate surface area is 107 Å². The third-order valence-electron chi connectivity index (χ3n) is 3.10. The molecule has 0 unspecified atom stereocenters. The molecule has 0 saturated carbocycles. The van der Waals surface area contributed by atoms with E-state index < -0.39 is 0 Å². The number of aromatic hydroxyl groups is 1. The maximum atomic E-state index is 9.95. The van der Waals surface area contributed by atoms with Crippen LogP contribution in [0.5, 0.6) is 11.5 Å². The van der Waals surface area contributed by atoms with Crippen molar-refractivity contribution >= 4 is 11.8 Å². The maximum absolute atomic E-state index is 9.95. The smallest absolute Gasteiger partial charge is 0.162 e. The van der Waals surface area contributed by atoms with E-state index in [1.54, 1.807) is 13.2 Å². The third-order valence-corrected chi connectivity index (χ3v) is 4.15. The molecule has 1 aromatic rings. The van der Waals surface area contributed by atoms with Crippen molar-refractivity contribution in [2.75, 3.05) is 18.6 Å². The molecule has 0 radical (unpaired) electrons. The Bertz CT molecular complexity index is 364. The Kier molecular flexibility index (Phi) is 4.57. The van der Waals surface area contributed by atoms with Crippen LogP contribution in [0.15, 0.2) is 18.2 Å². The van der Waals surface area contributed by atoms with Gasteiger partial charge in [0.15, 0.2) is 11.5 Å². The van der Waals surface area contributed by atoms with Gasteiger partial charge in [0.2, 0.25) is 0 Å². The van der Waals surface area contributed by atoms with Gasteiger partial charge in [-0.15, -0.1) is 0 Å². The number of nitrogens with one attached hydrogen (secondary N) is 1. The molecule has 1 aromatic carbocycles. The zero-order chi connectivity index (χ0) is 12.1. The summed E-state index contributed by atoms with van der Waals surface area (Å²) in [6, 6.07) is 6.20. The van der Waals surface area contributed by atoms with Crippen molar-refractivity contribution in [1.29, 1.82) is 0 Å². The monoisotopic (exact) mass is 253 g/mol. The molecule has 0 amide bonds. The number of ether oxygens (including phenoxy) is 1. The number of hydrogen-bond acceptors (Lipinski definition) is 4. The SMILES string of the molecule is COc1cccc(CNC2CCSCC2)c1O. The highest BCUT2D eigenvalue weighted by molar-refractivity contribution is 7.99. The summed E-state index contributed by atoms with van der Waals surface area (Å²) >= 11 is 2.02.